The van der Waals surface area contributed by atoms with Crippen molar-refractivity contribution in [3.8, 4) is 0 Å². The second kappa shape index (κ2) is 9.60. The van der Waals surface area contributed by atoms with Crippen LogP contribution in [0, 0.1) is 5.21 Å². The van der Waals surface area contributed by atoms with Gasteiger partial charge >= 0.3 is 57.4 Å². The van der Waals surface area contributed by atoms with Crippen LogP contribution in [-0.2, 0) is 4.84 Å². The normalized spacial score (nSPS) is 9.93. The molecule has 0 aliphatic rings. The van der Waals surface area contributed by atoms with Crippen molar-refractivity contribution in [2.75, 3.05) is 6.61 Å². The van der Waals surface area contributed by atoms with Crippen molar-refractivity contribution in [3.63, 3.8) is 0 Å². The Morgan fingerprint density at radius 1 is 1.57 bits per heavy atom. The van der Waals surface area contributed by atoms with E-state index in [0.29, 0.717) is 5.57 Å². The second-order valence-corrected chi connectivity index (χ2v) is 2.05. The Morgan fingerprint density at radius 3 is 2.50 bits per heavy atom. The molecule has 0 radical (unpaired) electrons. The third-order valence-electron chi connectivity index (χ3n) is 1.12. The number of nitrogens with two attached hydrogens (primary N) is 1. The van der Waals surface area contributed by atoms with Crippen LogP contribution in [0.3, 0.4) is 0 Å². The number of hydroxylamine groups is 2. The summed E-state index contributed by atoms with van der Waals surface area (Å²) in [6, 6.07) is -1.19. The summed E-state index contributed by atoms with van der Waals surface area (Å²) >= 11 is 0. The van der Waals surface area contributed by atoms with Crippen LogP contribution in [0.4, 0.5) is 4.79 Å². The van der Waals surface area contributed by atoms with Crippen molar-refractivity contribution in [1.82, 2.24) is 5.23 Å². The Bertz CT molecular complexity index is 241. The molecule has 0 saturated carbocycles. The molecule has 0 bridgehead atoms. The summed E-state index contributed by atoms with van der Waals surface area (Å²) < 4.78 is 0. The van der Waals surface area contributed by atoms with E-state index in [0.717, 1.165) is 0 Å². The van der Waals surface area contributed by atoms with Crippen LogP contribution in [0.5, 0.6) is 0 Å². The average molecular weight is 222 g/mol. The topological polar surface area (TPSA) is 78.6 Å². The summed E-state index contributed by atoms with van der Waals surface area (Å²) in [6.07, 6.45) is 4.60. The number of hydrogen-bond acceptors (Lipinski definition) is 3. The molecule has 0 rings (SSSR count). The van der Waals surface area contributed by atoms with Gasteiger partial charge in [0.05, 0.1) is 6.61 Å². The number of amides is 2. The fraction of sp³-hybridized carbons (Fsp3) is 0.125. The Labute approximate surface area is 125 Å². The molecule has 5 nitrogen and oxygen atoms in total. The number of hydrogen-bond donors (Lipinski definition) is 1. The fourth-order valence-electron chi connectivity index (χ4n) is 0.523. The first kappa shape index (κ1) is 16.5. The van der Waals surface area contributed by atoms with Gasteiger partial charge in [0.15, 0.2) is 0 Å². The number of primary amides is 1. The first-order chi connectivity index (χ1) is 6.11. The van der Waals surface area contributed by atoms with E-state index in [-0.39, 0.29) is 63.2 Å². The Balaban J connectivity index is 0. The number of carbonyl (C=O) groups excluding carboxylic acids is 1. The molecule has 0 spiro atoms. The molecule has 0 aromatic heterocycles. The molecule has 2 amide bonds. The van der Waals surface area contributed by atoms with Gasteiger partial charge < -0.3 is 10.9 Å². The quantitative estimate of drug-likeness (QED) is 0.335. The van der Waals surface area contributed by atoms with Gasteiger partial charge in [-0.05, 0) is 5.57 Å². The Hall–Kier alpha value is 0.0464. The maximum absolute atomic E-state index is 10.5. The van der Waals surface area contributed by atoms with Gasteiger partial charge in [-0.3, -0.25) is 10.1 Å². The minimum absolute atomic E-state index is 0. The fourth-order valence-corrected chi connectivity index (χ4v) is 0.523. The number of carbonyl (C=O) groups is 1. The van der Waals surface area contributed by atoms with E-state index in [1.165, 1.54) is 12.2 Å². The van der Waals surface area contributed by atoms with Gasteiger partial charge in [-0.1, -0.05) is 31.4 Å². The van der Waals surface area contributed by atoms with E-state index in [4.69, 9.17) is 0 Å². The average Bonchev–Trinajstić information content (AvgIpc) is 2.11. The molecule has 0 aromatic rings. The predicted octanol–water partition coefficient (Wildman–Crippen LogP) is -1.90. The van der Waals surface area contributed by atoms with Gasteiger partial charge in [0.25, 0.3) is 0 Å². The first-order valence-corrected chi connectivity index (χ1v) is 3.45. The standard InChI is InChI=1S/C8H11N2O3.K/c1-3-5-7(4-2)6-13-10(12)8(9)11;/h3-5H,1-2,6H2,(H2,9,11);/q-1;+1/b7-5+;. The second-order valence-electron chi connectivity index (χ2n) is 2.05. The molecule has 72 valence electrons. The predicted molar refractivity (Wildman–Crippen MR) is 49.2 cm³/mol. The number of allylic oxidation sites excluding steroid dienone is 2. The molecule has 2 N–H and O–H groups in total. The van der Waals surface area contributed by atoms with Crippen molar-refractivity contribution in [2.24, 2.45) is 5.73 Å². The molecule has 0 heterocycles. The monoisotopic (exact) mass is 222 g/mol. The zero-order valence-electron chi connectivity index (χ0n) is 8.10. The molecule has 6 heteroatoms. The Morgan fingerprint density at radius 2 is 2.14 bits per heavy atom. The van der Waals surface area contributed by atoms with Gasteiger partial charge in [-0.2, -0.15) is 0 Å². The van der Waals surface area contributed by atoms with Crippen LogP contribution >= 0.6 is 0 Å². The number of urea groups is 1. The molecule has 0 atom stereocenters. The molecule has 0 aliphatic heterocycles. The third-order valence-corrected chi connectivity index (χ3v) is 1.12. The largest absolute Gasteiger partial charge is 1.00 e. The zero-order valence-corrected chi connectivity index (χ0v) is 11.2. The molecular weight excluding hydrogens is 211 g/mol. The van der Waals surface area contributed by atoms with Gasteiger partial charge in [-0.15, -0.1) is 0 Å². The van der Waals surface area contributed by atoms with E-state index < -0.39 is 6.03 Å². The van der Waals surface area contributed by atoms with Gasteiger partial charge in [0.1, 0.15) is 0 Å². The van der Waals surface area contributed by atoms with E-state index in [1.54, 1.807) is 6.08 Å². The van der Waals surface area contributed by atoms with Crippen molar-refractivity contribution < 1.29 is 61.0 Å². The SMILES string of the molecule is C=C/C=C(\C=C)CON([O-])C(N)=O.[K+]. The Kier molecular flexibility index (Phi) is 11.3. The smallest absolute Gasteiger partial charge is 0.730 e. The molecular formula is C8H11KN2O3. The van der Waals surface area contributed by atoms with E-state index in [1.807, 2.05) is 0 Å². The van der Waals surface area contributed by atoms with Gasteiger partial charge in [-0.25, -0.2) is 4.79 Å². The molecule has 0 fully saturated rings. The maximum Gasteiger partial charge on any atom is 1.00 e. The van der Waals surface area contributed by atoms with Crippen LogP contribution < -0.4 is 57.1 Å². The minimum Gasteiger partial charge on any atom is -0.730 e. The van der Waals surface area contributed by atoms with Crippen LogP contribution in [0.2, 0.25) is 0 Å². The van der Waals surface area contributed by atoms with Crippen LogP contribution in [0.25, 0.3) is 0 Å². The summed E-state index contributed by atoms with van der Waals surface area (Å²) in [5, 5.41) is 10.2. The minimum atomic E-state index is -1.19. The molecule has 0 saturated heterocycles. The van der Waals surface area contributed by atoms with Crippen molar-refractivity contribution in [1.29, 1.82) is 0 Å². The van der Waals surface area contributed by atoms with Crippen molar-refractivity contribution in [3.05, 3.63) is 42.2 Å². The summed E-state index contributed by atoms with van der Waals surface area (Å²) in [4.78, 5) is 14.6. The summed E-state index contributed by atoms with van der Waals surface area (Å²) in [5.74, 6) is 0. The first-order valence-electron chi connectivity index (χ1n) is 3.45. The van der Waals surface area contributed by atoms with Crippen molar-refractivity contribution >= 4 is 6.03 Å². The number of nitrogens with zero attached hydrogens (tertiary/aromatic N) is 1. The van der Waals surface area contributed by atoms with Crippen LogP contribution in [-0.4, -0.2) is 17.9 Å². The van der Waals surface area contributed by atoms with E-state index in [9.17, 15) is 10.0 Å². The molecule has 14 heavy (non-hydrogen) atoms. The van der Waals surface area contributed by atoms with Gasteiger partial charge in [0.2, 0.25) is 0 Å². The molecule has 0 aliphatic carbocycles. The van der Waals surface area contributed by atoms with Gasteiger partial charge in [0, 0.05) is 0 Å². The maximum atomic E-state index is 10.5. The molecule has 0 unspecified atom stereocenters. The third kappa shape index (κ3) is 7.45. The van der Waals surface area contributed by atoms with E-state index in [2.05, 4.69) is 23.7 Å². The molecule has 0 aromatic carbocycles. The number of rotatable bonds is 5. The van der Waals surface area contributed by atoms with Crippen molar-refractivity contribution in [2.45, 2.75) is 0 Å². The van der Waals surface area contributed by atoms with Crippen LogP contribution in [0.1, 0.15) is 0 Å². The zero-order chi connectivity index (χ0) is 10.3. The van der Waals surface area contributed by atoms with E-state index >= 15 is 0 Å². The summed E-state index contributed by atoms with van der Waals surface area (Å²) in [6.45, 7) is 6.85. The van der Waals surface area contributed by atoms with Crippen LogP contribution in [0.15, 0.2) is 37.0 Å². The summed E-state index contributed by atoms with van der Waals surface area (Å²) in [5.41, 5.74) is 5.24. The summed E-state index contributed by atoms with van der Waals surface area (Å²) in [7, 11) is 0.